The fourth-order valence-electron chi connectivity index (χ4n) is 4.11. The minimum absolute atomic E-state index is 0.0597. The van der Waals surface area contributed by atoms with Crippen LogP contribution in [0, 0.1) is 11.8 Å². The number of piperidine rings is 1. The first-order valence-corrected chi connectivity index (χ1v) is 8.80. The van der Waals surface area contributed by atoms with Gasteiger partial charge in [0.25, 0.3) is 0 Å². The van der Waals surface area contributed by atoms with E-state index in [-0.39, 0.29) is 17.7 Å². The average molecular weight is 311 g/mol. The first-order chi connectivity index (χ1) is 10.4. The van der Waals surface area contributed by atoms with Crippen molar-refractivity contribution >= 4 is 6.09 Å². The van der Waals surface area contributed by atoms with Gasteiger partial charge in [0.1, 0.15) is 6.10 Å². The van der Waals surface area contributed by atoms with Crippen molar-refractivity contribution in [2.24, 2.45) is 11.8 Å². The van der Waals surface area contributed by atoms with Gasteiger partial charge in [-0.15, -0.1) is 0 Å². The molecule has 2 aliphatic heterocycles. The third kappa shape index (κ3) is 3.40. The number of carbonyl (C=O) groups is 1. The highest BCUT2D eigenvalue weighted by molar-refractivity contribution is 5.68. The van der Waals surface area contributed by atoms with Gasteiger partial charge in [0, 0.05) is 19.6 Å². The number of carbonyl (C=O) groups excluding carboxylic acids is 1. The van der Waals surface area contributed by atoms with E-state index in [0.717, 1.165) is 45.3 Å². The lowest BCUT2D eigenvalue weighted by molar-refractivity contribution is -0.0700. The van der Waals surface area contributed by atoms with E-state index in [2.05, 4.69) is 45.1 Å². The van der Waals surface area contributed by atoms with Crippen LogP contribution in [0.2, 0.25) is 0 Å². The quantitative estimate of drug-likeness (QED) is 0.870. The van der Waals surface area contributed by atoms with Crippen molar-refractivity contribution in [1.29, 1.82) is 0 Å². The molecule has 128 valence electrons. The summed E-state index contributed by atoms with van der Waals surface area (Å²) in [5.41, 5.74) is 3.17. The molecule has 0 spiro atoms. The second kappa shape index (κ2) is 7.18. The Morgan fingerprint density at radius 3 is 2.32 bits per heavy atom. The van der Waals surface area contributed by atoms with Gasteiger partial charge in [0.2, 0.25) is 0 Å². The predicted octanol–water partition coefficient (Wildman–Crippen LogP) is 2.87. The number of nitrogens with zero attached hydrogens (tertiary/aromatic N) is 2. The summed E-state index contributed by atoms with van der Waals surface area (Å²) in [6, 6.07) is 0. The largest absolute Gasteiger partial charge is 0.445 e. The van der Waals surface area contributed by atoms with E-state index in [0.29, 0.717) is 11.8 Å². The smallest absolute Gasteiger partial charge is 0.425 e. The molecule has 1 amide bonds. The predicted molar refractivity (Wildman–Crippen MR) is 88.5 cm³/mol. The minimum atomic E-state index is -0.184. The molecule has 0 aliphatic carbocycles. The van der Waals surface area contributed by atoms with Crippen LogP contribution in [0.1, 0.15) is 53.4 Å². The van der Waals surface area contributed by atoms with Crippen molar-refractivity contribution in [2.75, 3.05) is 26.7 Å². The number of nitrogens with one attached hydrogen (secondary N) is 1. The van der Waals surface area contributed by atoms with E-state index in [9.17, 15) is 4.79 Å². The van der Waals surface area contributed by atoms with Crippen molar-refractivity contribution < 1.29 is 9.53 Å². The average Bonchev–Trinajstić information content (AvgIpc) is 2.49. The van der Waals surface area contributed by atoms with E-state index in [1.165, 1.54) is 0 Å². The fraction of sp³-hybridized carbons (Fsp3) is 0.941. The number of hydrogen-bond donors (Lipinski definition) is 1. The number of hydrazine groups is 1. The molecular formula is C17H33N3O2. The molecule has 0 saturated carbocycles. The zero-order chi connectivity index (χ0) is 16.3. The Morgan fingerprint density at radius 2 is 1.77 bits per heavy atom. The van der Waals surface area contributed by atoms with Crippen LogP contribution in [0.4, 0.5) is 4.79 Å². The highest BCUT2D eigenvalue weighted by Crippen LogP contribution is 2.38. The van der Waals surface area contributed by atoms with Crippen LogP contribution >= 0.6 is 0 Å². The Hall–Kier alpha value is -0.810. The molecule has 0 aromatic rings. The molecule has 0 bridgehead atoms. The molecular weight excluding hydrogens is 278 g/mol. The first kappa shape index (κ1) is 17.5. The zero-order valence-electron chi connectivity index (χ0n) is 14.9. The summed E-state index contributed by atoms with van der Waals surface area (Å²) >= 11 is 0. The van der Waals surface area contributed by atoms with Gasteiger partial charge in [-0.1, -0.05) is 27.7 Å². The van der Waals surface area contributed by atoms with E-state index in [1.807, 2.05) is 5.01 Å². The number of rotatable bonds is 3. The van der Waals surface area contributed by atoms with Crippen molar-refractivity contribution in [3.63, 3.8) is 0 Å². The van der Waals surface area contributed by atoms with Crippen molar-refractivity contribution in [2.45, 2.75) is 65.0 Å². The van der Waals surface area contributed by atoms with Crippen LogP contribution in [-0.2, 0) is 4.74 Å². The Bertz CT molecular complexity index is 368. The summed E-state index contributed by atoms with van der Waals surface area (Å²) in [5.74, 6) is 0.788. The standard InChI is InChI=1S/C17H33N3O2/c1-13(2)17(14(3)4)9-6-10-18-20(17)16(21)22-15-7-11-19(5)12-8-15/h13-15,18H,6-12H2,1-5H3. The monoisotopic (exact) mass is 311 g/mol. The summed E-state index contributed by atoms with van der Waals surface area (Å²) in [6.45, 7) is 11.7. The molecule has 2 saturated heterocycles. The lowest BCUT2D eigenvalue weighted by atomic mass is 9.72. The number of hydrogen-bond acceptors (Lipinski definition) is 4. The third-order valence-corrected chi connectivity index (χ3v) is 5.56. The first-order valence-electron chi connectivity index (χ1n) is 8.80. The Balaban J connectivity index is 2.08. The van der Waals surface area contributed by atoms with Gasteiger partial charge in [-0.25, -0.2) is 15.2 Å². The molecule has 5 nitrogen and oxygen atoms in total. The van der Waals surface area contributed by atoms with Gasteiger partial charge in [-0.05, 0) is 44.6 Å². The summed E-state index contributed by atoms with van der Waals surface area (Å²) in [7, 11) is 2.12. The van der Waals surface area contributed by atoms with Gasteiger partial charge < -0.3 is 9.64 Å². The van der Waals surface area contributed by atoms with Gasteiger partial charge in [-0.3, -0.25) is 0 Å². The van der Waals surface area contributed by atoms with E-state index >= 15 is 0 Å². The Kier molecular flexibility index (Phi) is 5.72. The number of likely N-dealkylation sites (tertiary alicyclic amines) is 1. The topological polar surface area (TPSA) is 44.8 Å². The molecule has 5 heteroatoms. The SMILES string of the molecule is CC(C)C1(C(C)C)CCCNN1C(=O)OC1CCN(C)CC1. The van der Waals surface area contributed by atoms with E-state index in [4.69, 9.17) is 4.74 Å². The molecule has 2 rings (SSSR count). The second-order valence-corrected chi connectivity index (χ2v) is 7.53. The van der Waals surface area contributed by atoms with Crippen LogP contribution in [0.25, 0.3) is 0 Å². The number of amides is 1. The van der Waals surface area contributed by atoms with Gasteiger partial charge in [0.15, 0.2) is 0 Å². The van der Waals surface area contributed by atoms with Gasteiger partial charge in [0.05, 0.1) is 5.54 Å². The minimum Gasteiger partial charge on any atom is -0.445 e. The second-order valence-electron chi connectivity index (χ2n) is 7.53. The van der Waals surface area contributed by atoms with E-state index in [1.54, 1.807) is 0 Å². The zero-order valence-corrected chi connectivity index (χ0v) is 14.9. The summed E-state index contributed by atoms with van der Waals surface area (Å²) < 4.78 is 5.83. The van der Waals surface area contributed by atoms with Crippen LogP contribution in [-0.4, -0.2) is 54.3 Å². The summed E-state index contributed by atoms with van der Waals surface area (Å²) in [5, 5.41) is 1.82. The maximum absolute atomic E-state index is 12.8. The lowest BCUT2D eigenvalue weighted by Gasteiger charge is -2.52. The molecule has 0 atom stereocenters. The molecule has 1 N–H and O–H groups in total. The summed E-state index contributed by atoms with van der Waals surface area (Å²) in [4.78, 5) is 15.1. The maximum atomic E-state index is 12.8. The van der Waals surface area contributed by atoms with Crippen molar-refractivity contribution in [1.82, 2.24) is 15.3 Å². The molecule has 0 unspecified atom stereocenters. The number of ether oxygens (including phenoxy) is 1. The normalized spacial score (nSPS) is 24.0. The van der Waals surface area contributed by atoms with Crippen LogP contribution in [0.5, 0.6) is 0 Å². The van der Waals surface area contributed by atoms with Gasteiger partial charge in [-0.2, -0.15) is 0 Å². The third-order valence-electron chi connectivity index (χ3n) is 5.56. The van der Waals surface area contributed by atoms with Crippen LogP contribution < -0.4 is 5.43 Å². The lowest BCUT2D eigenvalue weighted by Crippen LogP contribution is -2.66. The summed E-state index contributed by atoms with van der Waals surface area (Å²) in [6.07, 6.45) is 3.89. The molecule has 2 heterocycles. The van der Waals surface area contributed by atoms with Crippen molar-refractivity contribution in [3.8, 4) is 0 Å². The molecule has 0 aromatic heterocycles. The van der Waals surface area contributed by atoms with Crippen LogP contribution in [0.3, 0.4) is 0 Å². The molecule has 2 fully saturated rings. The van der Waals surface area contributed by atoms with Gasteiger partial charge >= 0.3 is 6.09 Å². The van der Waals surface area contributed by atoms with Crippen LogP contribution in [0.15, 0.2) is 0 Å². The molecule has 0 radical (unpaired) electrons. The highest BCUT2D eigenvalue weighted by Gasteiger charge is 2.48. The molecule has 0 aromatic carbocycles. The maximum Gasteiger partial charge on any atom is 0.425 e. The Morgan fingerprint density at radius 1 is 1.18 bits per heavy atom. The van der Waals surface area contributed by atoms with E-state index < -0.39 is 0 Å². The van der Waals surface area contributed by atoms with Crippen molar-refractivity contribution in [3.05, 3.63) is 0 Å². The fourth-order valence-corrected chi connectivity index (χ4v) is 4.11. The Labute approximate surface area is 135 Å². The molecule has 2 aliphatic rings. The molecule has 22 heavy (non-hydrogen) atoms. The highest BCUT2D eigenvalue weighted by atomic mass is 16.6.